The third-order valence-corrected chi connectivity index (χ3v) is 2.26. The molecule has 13 heavy (non-hydrogen) atoms. The van der Waals surface area contributed by atoms with Crippen LogP contribution in [0.5, 0.6) is 11.5 Å². The molecule has 4 heteroatoms. The van der Waals surface area contributed by atoms with Gasteiger partial charge >= 0.3 is 0 Å². The lowest BCUT2D eigenvalue weighted by Gasteiger charge is -2.07. The van der Waals surface area contributed by atoms with E-state index < -0.39 is 0 Å². The maximum absolute atomic E-state index is 5.96. The predicted octanol–water partition coefficient (Wildman–Crippen LogP) is 2.09. The summed E-state index contributed by atoms with van der Waals surface area (Å²) >= 11 is 5.96. The number of fused-ring (bicyclic) bond motifs is 1. The van der Waals surface area contributed by atoms with E-state index in [1.165, 1.54) is 0 Å². The standard InChI is InChI=1S/C9H10ClNO2/c1-5(11)6-2-7(10)9-8(3-6)12-4-13-9/h2-3,5H,4,11H2,1H3/t5-/m0/s1. The Morgan fingerprint density at radius 2 is 2.23 bits per heavy atom. The lowest BCUT2D eigenvalue weighted by atomic mass is 10.1. The topological polar surface area (TPSA) is 44.5 Å². The fourth-order valence-electron chi connectivity index (χ4n) is 1.25. The van der Waals surface area contributed by atoms with Crippen LogP contribution in [0.1, 0.15) is 18.5 Å². The molecule has 2 N–H and O–H groups in total. The van der Waals surface area contributed by atoms with Gasteiger partial charge in [0.15, 0.2) is 11.5 Å². The zero-order valence-electron chi connectivity index (χ0n) is 7.21. The Kier molecular flexibility index (Phi) is 2.06. The molecule has 0 aliphatic carbocycles. The van der Waals surface area contributed by atoms with Crippen molar-refractivity contribution in [3.8, 4) is 11.5 Å². The molecule has 0 saturated heterocycles. The Labute approximate surface area is 81.4 Å². The SMILES string of the molecule is C[C@H](N)c1cc(Cl)c2c(c1)OCO2. The second-order valence-electron chi connectivity index (χ2n) is 3.03. The van der Waals surface area contributed by atoms with Gasteiger partial charge in [-0.25, -0.2) is 0 Å². The van der Waals surface area contributed by atoms with E-state index in [-0.39, 0.29) is 12.8 Å². The Morgan fingerprint density at radius 1 is 1.46 bits per heavy atom. The smallest absolute Gasteiger partial charge is 0.231 e. The number of hydrogen-bond acceptors (Lipinski definition) is 3. The van der Waals surface area contributed by atoms with Crippen molar-refractivity contribution >= 4 is 11.6 Å². The van der Waals surface area contributed by atoms with Gasteiger partial charge in [-0.1, -0.05) is 11.6 Å². The van der Waals surface area contributed by atoms with E-state index in [2.05, 4.69) is 0 Å². The summed E-state index contributed by atoms with van der Waals surface area (Å²) in [5.41, 5.74) is 6.67. The molecule has 0 saturated carbocycles. The van der Waals surface area contributed by atoms with Crippen LogP contribution in [0.2, 0.25) is 5.02 Å². The molecule has 0 radical (unpaired) electrons. The number of hydrogen-bond donors (Lipinski definition) is 1. The first-order chi connectivity index (χ1) is 6.18. The molecule has 1 aromatic rings. The summed E-state index contributed by atoms with van der Waals surface area (Å²) in [7, 11) is 0. The zero-order chi connectivity index (χ0) is 9.42. The number of benzene rings is 1. The van der Waals surface area contributed by atoms with Gasteiger partial charge in [-0.05, 0) is 24.6 Å². The third-order valence-electron chi connectivity index (χ3n) is 1.98. The first-order valence-electron chi connectivity index (χ1n) is 4.03. The highest BCUT2D eigenvalue weighted by molar-refractivity contribution is 6.32. The van der Waals surface area contributed by atoms with Gasteiger partial charge in [0.2, 0.25) is 6.79 Å². The molecule has 0 fully saturated rings. The first-order valence-corrected chi connectivity index (χ1v) is 4.41. The van der Waals surface area contributed by atoms with Gasteiger partial charge in [0.1, 0.15) is 0 Å². The maximum atomic E-state index is 5.96. The van der Waals surface area contributed by atoms with Crippen LogP contribution in [-0.4, -0.2) is 6.79 Å². The van der Waals surface area contributed by atoms with Gasteiger partial charge in [-0.15, -0.1) is 0 Å². The van der Waals surface area contributed by atoms with Gasteiger partial charge in [0.05, 0.1) is 5.02 Å². The van der Waals surface area contributed by atoms with Crippen molar-refractivity contribution in [2.24, 2.45) is 5.73 Å². The normalized spacial score (nSPS) is 15.9. The molecule has 0 unspecified atom stereocenters. The molecule has 0 spiro atoms. The minimum atomic E-state index is -0.0491. The zero-order valence-corrected chi connectivity index (χ0v) is 7.97. The Hall–Kier alpha value is -0.930. The molecule has 3 nitrogen and oxygen atoms in total. The van der Waals surface area contributed by atoms with Gasteiger partial charge < -0.3 is 15.2 Å². The molecular weight excluding hydrogens is 190 g/mol. The van der Waals surface area contributed by atoms with Crippen LogP contribution < -0.4 is 15.2 Å². The summed E-state index contributed by atoms with van der Waals surface area (Å²) in [5, 5.41) is 0.558. The molecule has 0 aromatic heterocycles. The average molecular weight is 200 g/mol. The predicted molar refractivity (Wildman–Crippen MR) is 50.2 cm³/mol. The molecule has 0 bridgehead atoms. The largest absolute Gasteiger partial charge is 0.454 e. The van der Waals surface area contributed by atoms with Crippen LogP contribution in [0.3, 0.4) is 0 Å². The molecule has 1 aromatic carbocycles. The molecule has 70 valence electrons. The third kappa shape index (κ3) is 1.45. The van der Waals surface area contributed by atoms with Crippen molar-refractivity contribution < 1.29 is 9.47 Å². The van der Waals surface area contributed by atoms with Crippen LogP contribution in [-0.2, 0) is 0 Å². The van der Waals surface area contributed by atoms with Crippen molar-refractivity contribution in [3.63, 3.8) is 0 Å². The van der Waals surface area contributed by atoms with Crippen LogP contribution in [0, 0.1) is 0 Å². The highest BCUT2D eigenvalue weighted by Crippen LogP contribution is 2.40. The Bertz CT molecular complexity index is 339. The van der Waals surface area contributed by atoms with E-state index in [1.54, 1.807) is 6.07 Å². The van der Waals surface area contributed by atoms with E-state index in [4.69, 9.17) is 26.8 Å². The fourth-order valence-corrected chi connectivity index (χ4v) is 1.52. The van der Waals surface area contributed by atoms with E-state index in [9.17, 15) is 0 Å². The summed E-state index contributed by atoms with van der Waals surface area (Å²) in [6.45, 7) is 2.13. The van der Waals surface area contributed by atoms with E-state index in [0.29, 0.717) is 16.5 Å². The van der Waals surface area contributed by atoms with Gasteiger partial charge in [0, 0.05) is 6.04 Å². The number of rotatable bonds is 1. The molecule has 1 heterocycles. The van der Waals surface area contributed by atoms with E-state index in [0.717, 1.165) is 5.56 Å². The summed E-state index contributed by atoms with van der Waals surface area (Å²) < 4.78 is 10.4. The lowest BCUT2D eigenvalue weighted by Crippen LogP contribution is -2.04. The van der Waals surface area contributed by atoms with Crippen LogP contribution in [0.15, 0.2) is 12.1 Å². The van der Waals surface area contributed by atoms with Crippen molar-refractivity contribution in [1.29, 1.82) is 0 Å². The van der Waals surface area contributed by atoms with Crippen molar-refractivity contribution in [3.05, 3.63) is 22.7 Å². The Morgan fingerprint density at radius 3 is 2.92 bits per heavy atom. The molecule has 2 rings (SSSR count). The minimum Gasteiger partial charge on any atom is -0.454 e. The molecule has 1 atom stereocenters. The molecule has 1 aliphatic rings. The summed E-state index contributed by atoms with van der Waals surface area (Å²) in [4.78, 5) is 0. The second kappa shape index (κ2) is 3.09. The first kappa shape index (κ1) is 8.66. The number of nitrogens with two attached hydrogens (primary N) is 1. The van der Waals surface area contributed by atoms with Gasteiger partial charge in [-0.3, -0.25) is 0 Å². The van der Waals surface area contributed by atoms with E-state index in [1.807, 2.05) is 13.0 Å². The van der Waals surface area contributed by atoms with Crippen molar-refractivity contribution in [2.45, 2.75) is 13.0 Å². The monoisotopic (exact) mass is 199 g/mol. The number of halogens is 1. The van der Waals surface area contributed by atoms with Crippen molar-refractivity contribution in [1.82, 2.24) is 0 Å². The summed E-state index contributed by atoms with van der Waals surface area (Å²) in [6, 6.07) is 3.62. The van der Waals surface area contributed by atoms with E-state index >= 15 is 0 Å². The molecule has 1 aliphatic heterocycles. The highest BCUT2D eigenvalue weighted by Gasteiger charge is 2.18. The quantitative estimate of drug-likeness (QED) is 0.753. The van der Waals surface area contributed by atoms with Crippen LogP contribution in [0.4, 0.5) is 0 Å². The van der Waals surface area contributed by atoms with Crippen LogP contribution >= 0.6 is 11.6 Å². The highest BCUT2D eigenvalue weighted by atomic mass is 35.5. The lowest BCUT2D eigenvalue weighted by molar-refractivity contribution is 0.174. The van der Waals surface area contributed by atoms with Gasteiger partial charge in [0.25, 0.3) is 0 Å². The fraction of sp³-hybridized carbons (Fsp3) is 0.333. The average Bonchev–Trinajstić information content (AvgIpc) is 2.51. The molecule has 0 amide bonds. The Balaban J connectivity index is 2.49. The maximum Gasteiger partial charge on any atom is 0.231 e. The van der Waals surface area contributed by atoms with Gasteiger partial charge in [-0.2, -0.15) is 0 Å². The second-order valence-corrected chi connectivity index (χ2v) is 3.43. The number of ether oxygens (including phenoxy) is 2. The van der Waals surface area contributed by atoms with Crippen LogP contribution in [0.25, 0.3) is 0 Å². The minimum absolute atomic E-state index is 0.0491. The summed E-state index contributed by atoms with van der Waals surface area (Å²) in [6.07, 6.45) is 0. The van der Waals surface area contributed by atoms with Crippen molar-refractivity contribution in [2.75, 3.05) is 6.79 Å². The summed E-state index contributed by atoms with van der Waals surface area (Å²) in [5.74, 6) is 1.30. The molecular formula is C9H10ClNO2.